The minimum Gasteiger partial charge on any atom is -0.475 e. The van der Waals surface area contributed by atoms with E-state index in [-0.39, 0.29) is 6.10 Å². The molecule has 1 aromatic rings. The van der Waals surface area contributed by atoms with E-state index >= 15 is 0 Å². The highest BCUT2D eigenvalue weighted by molar-refractivity contribution is 5.32. The molecule has 1 aliphatic rings. The number of hydrogen-bond donors (Lipinski definition) is 1. The Bertz CT molecular complexity index is 381. The largest absolute Gasteiger partial charge is 0.475 e. The zero-order valence-electron chi connectivity index (χ0n) is 10.6. The molecule has 6 heteroatoms. The topological polar surface area (TPSA) is 79.5 Å². The van der Waals surface area contributed by atoms with Crippen LogP contribution in [0, 0.1) is 0 Å². The van der Waals surface area contributed by atoms with Gasteiger partial charge in [0.15, 0.2) is 5.82 Å². The molecule has 2 rings (SSSR count). The average molecular weight is 253 g/mol. The molecule has 1 fully saturated rings. The number of nitrogens with zero attached hydrogens (tertiary/aromatic N) is 2. The number of anilines is 1. The predicted molar refractivity (Wildman–Crippen MR) is 66.2 cm³/mol. The van der Waals surface area contributed by atoms with E-state index in [4.69, 9.17) is 19.9 Å². The fourth-order valence-electron chi connectivity index (χ4n) is 1.88. The summed E-state index contributed by atoms with van der Waals surface area (Å²) >= 11 is 0. The number of nitrogen functional groups attached to an aromatic ring is 1. The van der Waals surface area contributed by atoms with Crippen LogP contribution in [0.2, 0.25) is 0 Å². The Labute approximate surface area is 106 Å². The van der Waals surface area contributed by atoms with E-state index in [1.807, 2.05) is 0 Å². The zero-order chi connectivity index (χ0) is 12.8. The summed E-state index contributed by atoms with van der Waals surface area (Å²) in [4.78, 5) is 8.26. The van der Waals surface area contributed by atoms with Crippen molar-refractivity contribution in [2.24, 2.45) is 0 Å². The molecule has 1 aromatic heterocycles. The summed E-state index contributed by atoms with van der Waals surface area (Å²) in [6.07, 6.45) is 3.51. The summed E-state index contributed by atoms with van der Waals surface area (Å²) in [6, 6.07) is 1.61. The van der Waals surface area contributed by atoms with Gasteiger partial charge >= 0.3 is 0 Å². The quantitative estimate of drug-likeness (QED) is 0.848. The highest BCUT2D eigenvalue weighted by Gasteiger charge is 2.15. The third-order valence-electron chi connectivity index (χ3n) is 2.73. The van der Waals surface area contributed by atoms with Gasteiger partial charge in [-0.1, -0.05) is 0 Å². The van der Waals surface area contributed by atoms with Crippen molar-refractivity contribution in [3.05, 3.63) is 11.9 Å². The highest BCUT2D eigenvalue weighted by atomic mass is 16.5. The molecule has 2 N–H and O–H groups in total. The molecule has 2 heterocycles. The minimum atomic E-state index is 0.154. The van der Waals surface area contributed by atoms with Crippen LogP contribution in [-0.2, 0) is 16.1 Å². The van der Waals surface area contributed by atoms with Crippen molar-refractivity contribution in [1.29, 1.82) is 0 Å². The molecule has 0 bridgehead atoms. The van der Waals surface area contributed by atoms with Crippen LogP contribution < -0.4 is 10.5 Å². The zero-order valence-corrected chi connectivity index (χ0v) is 10.6. The van der Waals surface area contributed by atoms with Crippen LogP contribution in [0.25, 0.3) is 0 Å². The van der Waals surface area contributed by atoms with Crippen LogP contribution >= 0.6 is 0 Å². The van der Waals surface area contributed by atoms with Gasteiger partial charge < -0.3 is 19.9 Å². The van der Waals surface area contributed by atoms with E-state index in [0.717, 1.165) is 19.4 Å². The molecule has 0 spiro atoms. The Morgan fingerprint density at radius 3 is 3.06 bits per heavy atom. The number of ether oxygens (including phenoxy) is 3. The number of nitrogens with two attached hydrogens (primary N) is 1. The SMILES string of the molecule is COCc1nc(N)cc(OCC2CCCCO2)n1. The van der Waals surface area contributed by atoms with E-state index in [9.17, 15) is 0 Å². The summed E-state index contributed by atoms with van der Waals surface area (Å²) < 4.78 is 16.2. The first-order valence-electron chi connectivity index (χ1n) is 6.14. The van der Waals surface area contributed by atoms with Gasteiger partial charge in [0.1, 0.15) is 19.0 Å². The minimum absolute atomic E-state index is 0.154. The molecular weight excluding hydrogens is 234 g/mol. The van der Waals surface area contributed by atoms with Crippen LogP contribution in [0.15, 0.2) is 6.07 Å². The van der Waals surface area contributed by atoms with Gasteiger partial charge in [-0.2, -0.15) is 4.98 Å². The second-order valence-electron chi connectivity index (χ2n) is 4.28. The van der Waals surface area contributed by atoms with Crippen molar-refractivity contribution in [3.8, 4) is 5.88 Å². The normalized spacial score (nSPS) is 19.7. The Hall–Kier alpha value is -1.40. The standard InChI is InChI=1S/C12H19N3O3/c1-16-8-11-14-10(13)6-12(15-11)18-7-9-4-2-3-5-17-9/h6,9H,2-5,7-8H2,1H3,(H2,13,14,15). The fraction of sp³-hybridized carbons (Fsp3) is 0.667. The van der Waals surface area contributed by atoms with Crippen molar-refractivity contribution in [1.82, 2.24) is 9.97 Å². The number of rotatable bonds is 5. The molecule has 1 unspecified atom stereocenters. The monoisotopic (exact) mass is 253 g/mol. The van der Waals surface area contributed by atoms with E-state index < -0.39 is 0 Å². The first-order valence-corrected chi connectivity index (χ1v) is 6.14. The molecule has 0 aliphatic carbocycles. The number of methoxy groups -OCH3 is 1. The van der Waals surface area contributed by atoms with Crippen LogP contribution in [0.4, 0.5) is 5.82 Å². The molecule has 1 aliphatic heterocycles. The Balaban J connectivity index is 1.91. The predicted octanol–water partition coefficient (Wildman–Crippen LogP) is 1.15. The third-order valence-corrected chi connectivity index (χ3v) is 2.73. The first kappa shape index (κ1) is 13.0. The lowest BCUT2D eigenvalue weighted by Gasteiger charge is -2.22. The Kier molecular flexibility index (Phi) is 4.72. The smallest absolute Gasteiger partial charge is 0.218 e. The van der Waals surface area contributed by atoms with Gasteiger partial charge in [-0.05, 0) is 19.3 Å². The molecule has 6 nitrogen and oxygen atoms in total. The fourth-order valence-corrected chi connectivity index (χ4v) is 1.88. The summed E-state index contributed by atoms with van der Waals surface area (Å²) in [7, 11) is 1.59. The van der Waals surface area contributed by atoms with Crippen molar-refractivity contribution in [3.63, 3.8) is 0 Å². The Morgan fingerprint density at radius 1 is 1.44 bits per heavy atom. The lowest BCUT2D eigenvalue weighted by Crippen LogP contribution is -2.26. The van der Waals surface area contributed by atoms with E-state index in [2.05, 4.69) is 9.97 Å². The van der Waals surface area contributed by atoms with Crippen molar-refractivity contribution < 1.29 is 14.2 Å². The van der Waals surface area contributed by atoms with Gasteiger partial charge in [0, 0.05) is 19.8 Å². The molecule has 0 radical (unpaired) electrons. The summed E-state index contributed by atoms with van der Waals surface area (Å²) in [6.45, 7) is 1.64. The average Bonchev–Trinajstić information content (AvgIpc) is 2.37. The highest BCUT2D eigenvalue weighted by Crippen LogP contribution is 2.16. The van der Waals surface area contributed by atoms with E-state index in [1.54, 1.807) is 13.2 Å². The Morgan fingerprint density at radius 2 is 2.33 bits per heavy atom. The maximum absolute atomic E-state index is 5.68. The number of hydrogen-bond acceptors (Lipinski definition) is 6. The van der Waals surface area contributed by atoms with Crippen molar-refractivity contribution >= 4 is 5.82 Å². The second-order valence-corrected chi connectivity index (χ2v) is 4.28. The molecular formula is C12H19N3O3. The molecule has 0 amide bonds. The second kappa shape index (κ2) is 6.51. The van der Waals surface area contributed by atoms with Gasteiger partial charge in [-0.15, -0.1) is 0 Å². The molecule has 0 aromatic carbocycles. The lowest BCUT2D eigenvalue weighted by molar-refractivity contribution is -0.0120. The van der Waals surface area contributed by atoms with Crippen LogP contribution in [-0.4, -0.2) is 36.4 Å². The maximum atomic E-state index is 5.68. The van der Waals surface area contributed by atoms with Gasteiger partial charge in [0.25, 0.3) is 0 Å². The van der Waals surface area contributed by atoms with Crippen LogP contribution in [0.1, 0.15) is 25.1 Å². The van der Waals surface area contributed by atoms with Gasteiger partial charge in [0.2, 0.25) is 5.88 Å². The van der Waals surface area contributed by atoms with Crippen molar-refractivity contribution in [2.75, 3.05) is 26.1 Å². The first-order chi connectivity index (χ1) is 8.78. The molecule has 0 saturated carbocycles. The molecule has 18 heavy (non-hydrogen) atoms. The van der Waals surface area contributed by atoms with Gasteiger partial charge in [-0.3, -0.25) is 0 Å². The van der Waals surface area contributed by atoms with E-state index in [0.29, 0.717) is 30.7 Å². The van der Waals surface area contributed by atoms with Gasteiger partial charge in [0.05, 0.1) is 6.10 Å². The number of aromatic nitrogens is 2. The van der Waals surface area contributed by atoms with Crippen LogP contribution in [0.5, 0.6) is 5.88 Å². The summed E-state index contributed by atoms with van der Waals surface area (Å²) in [5, 5.41) is 0. The van der Waals surface area contributed by atoms with Crippen LogP contribution in [0.3, 0.4) is 0 Å². The molecule has 100 valence electrons. The summed E-state index contributed by atoms with van der Waals surface area (Å²) in [5.41, 5.74) is 5.68. The summed E-state index contributed by atoms with van der Waals surface area (Å²) in [5.74, 6) is 1.39. The van der Waals surface area contributed by atoms with Gasteiger partial charge in [-0.25, -0.2) is 4.98 Å². The van der Waals surface area contributed by atoms with Crippen molar-refractivity contribution in [2.45, 2.75) is 32.0 Å². The maximum Gasteiger partial charge on any atom is 0.218 e. The molecule has 1 atom stereocenters. The lowest BCUT2D eigenvalue weighted by atomic mass is 10.1. The third kappa shape index (κ3) is 3.82. The molecule has 1 saturated heterocycles. The van der Waals surface area contributed by atoms with E-state index in [1.165, 1.54) is 6.42 Å².